The first-order valence-corrected chi connectivity index (χ1v) is 8.61. The van der Waals surface area contributed by atoms with Crippen LogP contribution >= 0.6 is 24.0 Å². The van der Waals surface area contributed by atoms with E-state index in [4.69, 9.17) is 9.47 Å². The fraction of sp³-hybridized carbons (Fsp3) is 0.611. The lowest BCUT2D eigenvalue weighted by atomic mass is 10.1. The molecular weight excluding hydrogens is 436 g/mol. The number of benzene rings is 1. The van der Waals surface area contributed by atoms with Crippen molar-refractivity contribution in [2.75, 3.05) is 33.4 Å². The summed E-state index contributed by atoms with van der Waals surface area (Å²) in [6, 6.07) is 5.04. The molecule has 5 nitrogen and oxygen atoms in total. The number of hydrogen-bond acceptors (Lipinski definition) is 3. The second-order valence-electron chi connectivity index (χ2n) is 6.01. The van der Waals surface area contributed by atoms with Crippen LogP contribution in [-0.2, 0) is 4.74 Å². The van der Waals surface area contributed by atoms with Crippen LogP contribution in [0.25, 0.3) is 0 Å². The molecule has 7 heteroatoms. The first-order valence-electron chi connectivity index (χ1n) is 8.61. The Bertz CT molecular complexity index is 553. The molecule has 25 heavy (non-hydrogen) atoms. The zero-order valence-electron chi connectivity index (χ0n) is 15.2. The van der Waals surface area contributed by atoms with Gasteiger partial charge in [-0.25, -0.2) is 4.39 Å². The Morgan fingerprint density at radius 3 is 2.76 bits per heavy atom. The average molecular weight is 465 g/mol. The summed E-state index contributed by atoms with van der Waals surface area (Å²) < 4.78 is 25.0. The third kappa shape index (κ3) is 7.77. The lowest BCUT2D eigenvalue weighted by Crippen LogP contribution is -2.40. The van der Waals surface area contributed by atoms with Crippen molar-refractivity contribution in [3.8, 4) is 5.75 Å². The molecule has 1 unspecified atom stereocenters. The van der Waals surface area contributed by atoms with Crippen molar-refractivity contribution in [2.24, 2.45) is 10.9 Å². The van der Waals surface area contributed by atoms with Gasteiger partial charge in [-0.3, -0.25) is 4.99 Å². The van der Waals surface area contributed by atoms with Gasteiger partial charge < -0.3 is 20.1 Å². The number of ether oxygens (including phenoxy) is 2. The standard InChI is InChI=1S/C18H28FN3O2.HI/c1-4-23-10-9-21-18(20-3)22-13(2)15-7-8-17(16(19)11-15)24-12-14-5-6-14;/h7-8,11,13-14H,4-6,9-10,12H2,1-3H3,(H2,20,21,22);1H. The van der Waals surface area contributed by atoms with Crippen LogP contribution in [0.3, 0.4) is 0 Å². The summed E-state index contributed by atoms with van der Waals surface area (Å²) >= 11 is 0. The SMILES string of the molecule is CCOCCNC(=NC)NC(C)c1ccc(OCC2CC2)c(F)c1.I. The van der Waals surface area contributed by atoms with Gasteiger partial charge in [-0.05, 0) is 50.3 Å². The molecule has 1 aromatic carbocycles. The van der Waals surface area contributed by atoms with E-state index in [0.717, 1.165) is 5.56 Å². The van der Waals surface area contributed by atoms with E-state index in [2.05, 4.69) is 15.6 Å². The van der Waals surface area contributed by atoms with Crippen LogP contribution in [0, 0.1) is 11.7 Å². The summed E-state index contributed by atoms with van der Waals surface area (Å²) in [4.78, 5) is 4.17. The molecule has 0 heterocycles. The maximum Gasteiger partial charge on any atom is 0.191 e. The Morgan fingerprint density at radius 1 is 1.40 bits per heavy atom. The Morgan fingerprint density at radius 2 is 2.16 bits per heavy atom. The van der Waals surface area contributed by atoms with Crippen molar-refractivity contribution >= 4 is 29.9 Å². The summed E-state index contributed by atoms with van der Waals surface area (Å²) in [5.74, 6) is 1.28. The van der Waals surface area contributed by atoms with E-state index in [9.17, 15) is 4.39 Å². The maximum absolute atomic E-state index is 14.2. The predicted octanol–water partition coefficient (Wildman–Crippen LogP) is 3.50. The molecule has 1 saturated carbocycles. The molecule has 1 atom stereocenters. The Balaban J connectivity index is 0.00000312. The van der Waals surface area contributed by atoms with Crippen molar-refractivity contribution in [1.29, 1.82) is 0 Å². The number of aliphatic imine (C=N–C) groups is 1. The van der Waals surface area contributed by atoms with E-state index in [-0.39, 0.29) is 35.8 Å². The molecule has 142 valence electrons. The second kappa shape index (κ2) is 11.5. The summed E-state index contributed by atoms with van der Waals surface area (Å²) in [6.45, 7) is 6.52. The lowest BCUT2D eigenvalue weighted by molar-refractivity contribution is 0.152. The van der Waals surface area contributed by atoms with Gasteiger partial charge in [-0.1, -0.05) is 6.07 Å². The van der Waals surface area contributed by atoms with E-state index in [1.807, 2.05) is 19.9 Å². The van der Waals surface area contributed by atoms with Crippen molar-refractivity contribution in [3.63, 3.8) is 0 Å². The van der Waals surface area contributed by atoms with Gasteiger partial charge in [0.1, 0.15) is 0 Å². The highest BCUT2D eigenvalue weighted by Crippen LogP contribution is 2.30. The molecule has 0 aliphatic heterocycles. The zero-order valence-corrected chi connectivity index (χ0v) is 17.5. The summed E-state index contributed by atoms with van der Waals surface area (Å²) in [6.07, 6.45) is 2.38. The highest BCUT2D eigenvalue weighted by molar-refractivity contribution is 14.0. The molecule has 0 radical (unpaired) electrons. The van der Waals surface area contributed by atoms with Crippen LogP contribution in [0.5, 0.6) is 5.75 Å². The minimum absolute atomic E-state index is 0. The smallest absolute Gasteiger partial charge is 0.191 e. The second-order valence-corrected chi connectivity index (χ2v) is 6.01. The first-order chi connectivity index (χ1) is 11.6. The Labute approximate surface area is 166 Å². The first kappa shape index (κ1) is 22.0. The van der Waals surface area contributed by atoms with E-state index in [1.165, 1.54) is 18.9 Å². The van der Waals surface area contributed by atoms with Gasteiger partial charge in [-0.2, -0.15) is 0 Å². The highest BCUT2D eigenvalue weighted by atomic mass is 127. The maximum atomic E-state index is 14.2. The zero-order chi connectivity index (χ0) is 17.4. The normalized spacial score (nSPS) is 15.3. The van der Waals surface area contributed by atoms with Crippen molar-refractivity contribution in [3.05, 3.63) is 29.6 Å². The van der Waals surface area contributed by atoms with Gasteiger partial charge in [0.25, 0.3) is 0 Å². The molecule has 0 aromatic heterocycles. The van der Waals surface area contributed by atoms with Gasteiger partial charge >= 0.3 is 0 Å². The van der Waals surface area contributed by atoms with Gasteiger partial charge in [0.05, 0.1) is 19.3 Å². The number of nitrogens with one attached hydrogen (secondary N) is 2. The van der Waals surface area contributed by atoms with E-state index < -0.39 is 0 Å². The minimum Gasteiger partial charge on any atom is -0.490 e. The number of nitrogens with zero attached hydrogens (tertiary/aromatic N) is 1. The highest BCUT2D eigenvalue weighted by Gasteiger charge is 2.22. The molecule has 0 amide bonds. The van der Waals surface area contributed by atoms with E-state index in [1.54, 1.807) is 13.1 Å². The molecule has 2 rings (SSSR count). The number of hydrogen-bond donors (Lipinski definition) is 2. The average Bonchev–Trinajstić information content (AvgIpc) is 3.40. The van der Waals surface area contributed by atoms with E-state index in [0.29, 0.717) is 44.0 Å². The predicted molar refractivity (Wildman–Crippen MR) is 109 cm³/mol. The molecule has 0 saturated heterocycles. The van der Waals surface area contributed by atoms with Crippen LogP contribution in [0.1, 0.15) is 38.3 Å². The van der Waals surface area contributed by atoms with Crippen molar-refractivity contribution < 1.29 is 13.9 Å². The lowest BCUT2D eigenvalue weighted by Gasteiger charge is -2.19. The van der Waals surface area contributed by atoms with Gasteiger partial charge in [0.2, 0.25) is 0 Å². The Hall–Kier alpha value is -1.09. The summed E-state index contributed by atoms with van der Waals surface area (Å²) in [5, 5.41) is 6.41. The van der Waals surface area contributed by atoms with Crippen LogP contribution in [-0.4, -0.2) is 39.4 Å². The van der Waals surface area contributed by atoms with Crippen LogP contribution < -0.4 is 15.4 Å². The third-order valence-corrected chi connectivity index (χ3v) is 3.95. The number of halogens is 2. The fourth-order valence-corrected chi connectivity index (χ4v) is 2.26. The minimum atomic E-state index is -0.318. The van der Waals surface area contributed by atoms with Crippen LogP contribution in [0.15, 0.2) is 23.2 Å². The number of rotatable bonds is 9. The summed E-state index contributed by atoms with van der Waals surface area (Å²) in [5.41, 5.74) is 0.846. The molecule has 1 aliphatic rings. The third-order valence-electron chi connectivity index (χ3n) is 3.95. The Kier molecular flexibility index (Phi) is 10.1. The van der Waals surface area contributed by atoms with Crippen LogP contribution in [0.4, 0.5) is 4.39 Å². The molecule has 1 aliphatic carbocycles. The van der Waals surface area contributed by atoms with Crippen molar-refractivity contribution in [2.45, 2.75) is 32.7 Å². The number of guanidine groups is 1. The fourth-order valence-electron chi connectivity index (χ4n) is 2.26. The summed E-state index contributed by atoms with van der Waals surface area (Å²) in [7, 11) is 1.71. The van der Waals surface area contributed by atoms with Crippen LogP contribution in [0.2, 0.25) is 0 Å². The molecular formula is C18H29FIN3O2. The quantitative estimate of drug-likeness (QED) is 0.254. The molecule has 0 bridgehead atoms. The van der Waals surface area contributed by atoms with Gasteiger partial charge in [0, 0.05) is 20.2 Å². The van der Waals surface area contributed by atoms with Gasteiger partial charge in [0.15, 0.2) is 17.5 Å². The van der Waals surface area contributed by atoms with Crippen molar-refractivity contribution in [1.82, 2.24) is 10.6 Å². The largest absolute Gasteiger partial charge is 0.490 e. The molecule has 2 N–H and O–H groups in total. The molecule has 1 fully saturated rings. The molecule has 1 aromatic rings. The monoisotopic (exact) mass is 465 g/mol. The molecule has 0 spiro atoms. The van der Waals surface area contributed by atoms with E-state index >= 15 is 0 Å². The van der Waals surface area contributed by atoms with Gasteiger partial charge in [-0.15, -0.1) is 24.0 Å². The topological polar surface area (TPSA) is 54.9 Å².